The molecule has 150 valence electrons. The number of amides is 1. The number of nitrogens with one attached hydrogen (secondary N) is 3. The number of thiocarbonyl (C=S) groups is 1. The van der Waals surface area contributed by atoms with Crippen molar-refractivity contribution in [3.8, 4) is 11.5 Å². The lowest BCUT2D eigenvalue weighted by molar-refractivity contribution is -0.127. The highest BCUT2D eigenvalue weighted by Crippen LogP contribution is 2.21. The fraction of sp³-hybridized carbons (Fsp3) is 0.182. The van der Waals surface area contributed by atoms with Crippen molar-refractivity contribution in [2.45, 2.75) is 20.0 Å². The second kappa shape index (κ2) is 9.75. The summed E-state index contributed by atoms with van der Waals surface area (Å²) < 4.78 is 11.1. The van der Waals surface area contributed by atoms with Gasteiger partial charge < -0.3 is 14.8 Å². The SMILES string of the molecule is CCOc1ccc(NC(=S)NNC(=O)[C@@H](C)Oc2ccc3ccccc3c2)cc1. The molecule has 0 unspecified atom stereocenters. The largest absolute Gasteiger partial charge is 0.494 e. The van der Waals surface area contributed by atoms with Crippen LogP contribution in [0.2, 0.25) is 0 Å². The van der Waals surface area contributed by atoms with Crippen LogP contribution in [0.3, 0.4) is 0 Å². The van der Waals surface area contributed by atoms with Gasteiger partial charge in [-0.05, 0) is 73.2 Å². The van der Waals surface area contributed by atoms with Crippen molar-refractivity contribution in [2.75, 3.05) is 11.9 Å². The van der Waals surface area contributed by atoms with Crippen LogP contribution < -0.4 is 25.6 Å². The van der Waals surface area contributed by atoms with E-state index in [1.807, 2.05) is 73.7 Å². The number of ether oxygens (including phenoxy) is 2. The summed E-state index contributed by atoms with van der Waals surface area (Å²) in [7, 11) is 0. The summed E-state index contributed by atoms with van der Waals surface area (Å²) in [5, 5.41) is 5.42. The van der Waals surface area contributed by atoms with Crippen molar-refractivity contribution in [1.29, 1.82) is 0 Å². The molecule has 6 nitrogen and oxygen atoms in total. The number of carbonyl (C=O) groups excluding carboxylic acids is 1. The lowest BCUT2D eigenvalue weighted by Crippen LogP contribution is -2.48. The van der Waals surface area contributed by atoms with E-state index in [2.05, 4.69) is 16.2 Å². The van der Waals surface area contributed by atoms with Gasteiger partial charge in [0.25, 0.3) is 5.91 Å². The molecule has 7 heteroatoms. The van der Waals surface area contributed by atoms with E-state index < -0.39 is 6.10 Å². The summed E-state index contributed by atoms with van der Waals surface area (Å²) in [6, 6.07) is 21.0. The third-order valence-electron chi connectivity index (χ3n) is 4.13. The van der Waals surface area contributed by atoms with Crippen LogP contribution in [0.25, 0.3) is 10.8 Å². The molecule has 3 aromatic carbocycles. The second-order valence-electron chi connectivity index (χ2n) is 6.29. The summed E-state index contributed by atoms with van der Waals surface area (Å²) in [6.07, 6.45) is -0.697. The van der Waals surface area contributed by atoms with E-state index in [-0.39, 0.29) is 11.0 Å². The van der Waals surface area contributed by atoms with Gasteiger partial charge in [0.1, 0.15) is 11.5 Å². The van der Waals surface area contributed by atoms with Crippen LogP contribution in [0.1, 0.15) is 13.8 Å². The molecule has 3 rings (SSSR count). The van der Waals surface area contributed by atoms with Gasteiger partial charge in [-0.1, -0.05) is 30.3 Å². The molecular weight excluding hydrogens is 386 g/mol. The molecule has 0 aromatic heterocycles. The van der Waals surface area contributed by atoms with Crippen LogP contribution in [-0.4, -0.2) is 23.7 Å². The van der Waals surface area contributed by atoms with Crippen LogP contribution in [0.4, 0.5) is 5.69 Å². The van der Waals surface area contributed by atoms with Gasteiger partial charge in [0, 0.05) is 5.69 Å². The molecule has 29 heavy (non-hydrogen) atoms. The lowest BCUT2D eigenvalue weighted by Gasteiger charge is -2.17. The van der Waals surface area contributed by atoms with Crippen LogP contribution in [0, 0.1) is 0 Å². The highest BCUT2D eigenvalue weighted by molar-refractivity contribution is 7.80. The molecule has 3 N–H and O–H groups in total. The molecule has 0 saturated carbocycles. The monoisotopic (exact) mass is 409 g/mol. The molecule has 1 amide bonds. The summed E-state index contributed by atoms with van der Waals surface area (Å²) in [5.41, 5.74) is 6.00. The Hall–Kier alpha value is -3.32. The molecule has 0 aliphatic carbocycles. The number of fused-ring (bicyclic) bond motifs is 1. The summed E-state index contributed by atoms with van der Waals surface area (Å²) in [6.45, 7) is 4.21. The van der Waals surface area contributed by atoms with E-state index in [1.165, 1.54) is 0 Å². The number of hydrazine groups is 1. The topological polar surface area (TPSA) is 71.6 Å². The predicted molar refractivity (Wildman–Crippen MR) is 119 cm³/mol. The van der Waals surface area contributed by atoms with Crippen LogP contribution in [0.15, 0.2) is 66.7 Å². The fourth-order valence-corrected chi connectivity index (χ4v) is 2.85. The van der Waals surface area contributed by atoms with Gasteiger partial charge in [0.05, 0.1) is 6.61 Å². The Labute approximate surface area is 175 Å². The van der Waals surface area contributed by atoms with Crippen molar-refractivity contribution >= 4 is 39.7 Å². The highest BCUT2D eigenvalue weighted by atomic mass is 32.1. The predicted octanol–water partition coefficient (Wildman–Crippen LogP) is 4.02. The van der Waals surface area contributed by atoms with Gasteiger partial charge in [-0.25, -0.2) is 0 Å². The fourth-order valence-electron chi connectivity index (χ4n) is 2.68. The molecule has 0 bridgehead atoms. The summed E-state index contributed by atoms with van der Waals surface area (Å²) in [5.74, 6) is 1.07. The first kappa shape index (κ1) is 20.4. The van der Waals surface area contributed by atoms with E-state index in [0.717, 1.165) is 22.2 Å². The zero-order valence-corrected chi connectivity index (χ0v) is 17.1. The van der Waals surface area contributed by atoms with Gasteiger partial charge >= 0.3 is 0 Å². The molecule has 0 aliphatic rings. The van der Waals surface area contributed by atoms with Gasteiger partial charge in [-0.15, -0.1) is 0 Å². The summed E-state index contributed by atoms with van der Waals surface area (Å²) >= 11 is 5.20. The molecule has 0 radical (unpaired) electrons. The number of rotatable bonds is 6. The van der Waals surface area contributed by atoms with Gasteiger partial charge in [-0.3, -0.25) is 15.6 Å². The number of benzene rings is 3. The van der Waals surface area contributed by atoms with Crippen LogP contribution in [0.5, 0.6) is 11.5 Å². The quantitative estimate of drug-likeness (QED) is 0.422. The van der Waals surface area contributed by atoms with Crippen molar-refractivity contribution in [2.24, 2.45) is 0 Å². The van der Waals surface area contributed by atoms with E-state index in [1.54, 1.807) is 6.92 Å². The van der Waals surface area contributed by atoms with Crippen molar-refractivity contribution < 1.29 is 14.3 Å². The molecule has 0 heterocycles. The molecule has 0 spiro atoms. The minimum absolute atomic E-state index is 0.264. The molecule has 0 aliphatic heterocycles. The molecule has 0 saturated heterocycles. The normalized spacial score (nSPS) is 11.4. The Morgan fingerprint density at radius 2 is 1.66 bits per heavy atom. The Kier molecular flexibility index (Phi) is 6.86. The van der Waals surface area contributed by atoms with E-state index in [0.29, 0.717) is 12.4 Å². The first-order valence-electron chi connectivity index (χ1n) is 9.30. The first-order chi connectivity index (χ1) is 14.0. The molecular formula is C22H23N3O3S. The minimum atomic E-state index is -0.697. The maximum Gasteiger partial charge on any atom is 0.279 e. The molecule has 1 atom stereocenters. The number of carbonyl (C=O) groups is 1. The zero-order chi connectivity index (χ0) is 20.6. The number of hydrogen-bond donors (Lipinski definition) is 3. The van der Waals surface area contributed by atoms with Crippen molar-refractivity contribution in [3.63, 3.8) is 0 Å². The van der Waals surface area contributed by atoms with Gasteiger partial charge in [0.2, 0.25) is 0 Å². The lowest BCUT2D eigenvalue weighted by atomic mass is 10.1. The first-order valence-corrected chi connectivity index (χ1v) is 9.71. The molecule has 3 aromatic rings. The minimum Gasteiger partial charge on any atom is -0.494 e. The Bertz CT molecular complexity index is 992. The second-order valence-corrected chi connectivity index (χ2v) is 6.70. The Balaban J connectivity index is 1.47. The van der Waals surface area contributed by atoms with E-state index in [9.17, 15) is 4.79 Å². The molecule has 0 fully saturated rings. The van der Waals surface area contributed by atoms with E-state index >= 15 is 0 Å². The Morgan fingerprint density at radius 1 is 0.966 bits per heavy atom. The number of hydrogen-bond acceptors (Lipinski definition) is 4. The standard InChI is InChI=1S/C22H23N3O3S/c1-3-27-19-12-9-18(10-13-19)23-22(29)25-24-21(26)15(2)28-20-11-8-16-6-4-5-7-17(16)14-20/h4-15H,3H2,1-2H3,(H,24,26)(H2,23,25,29)/t15-/m1/s1. The van der Waals surface area contributed by atoms with Crippen LogP contribution >= 0.6 is 12.2 Å². The number of anilines is 1. The van der Waals surface area contributed by atoms with Gasteiger partial charge in [-0.2, -0.15) is 0 Å². The third kappa shape index (κ3) is 5.83. The third-order valence-corrected chi connectivity index (χ3v) is 4.33. The van der Waals surface area contributed by atoms with E-state index in [4.69, 9.17) is 21.7 Å². The van der Waals surface area contributed by atoms with Crippen molar-refractivity contribution in [1.82, 2.24) is 10.9 Å². The summed E-state index contributed by atoms with van der Waals surface area (Å²) in [4.78, 5) is 12.3. The average molecular weight is 410 g/mol. The maximum atomic E-state index is 12.3. The zero-order valence-electron chi connectivity index (χ0n) is 16.3. The van der Waals surface area contributed by atoms with Crippen molar-refractivity contribution in [3.05, 3.63) is 66.7 Å². The Morgan fingerprint density at radius 3 is 2.38 bits per heavy atom. The smallest absolute Gasteiger partial charge is 0.279 e. The maximum absolute atomic E-state index is 12.3. The average Bonchev–Trinajstić information content (AvgIpc) is 2.73. The van der Waals surface area contributed by atoms with Gasteiger partial charge in [0.15, 0.2) is 11.2 Å². The van der Waals surface area contributed by atoms with Crippen LogP contribution in [-0.2, 0) is 4.79 Å². The highest BCUT2D eigenvalue weighted by Gasteiger charge is 2.15.